The molecule has 0 fully saturated rings. The molecule has 0 aromatic carbocycles. The van der Waals surface area contributed by atoms with E-state index in [9.17, 15) is 14.4 Å². The highest BCUT2D eigenvalue weighted by molar-refractivity contribution is 6.01. The number of carbonyl (C=O) groups excluding carboxylic acids is 2. The molecule has 0 saturated carbocycles. The molecule has 1 amide bonds. The van der Waals surface area contributed by atoms with Gasteiger partial charge in [0, 0.05) is 31.2 Å². The number of nitrogens with zero attached hydrogens (tertiary/aromatic N) is 1. The SMILES string of the molecule is COC(=O)CCCN(C)C(=O)C(C)=C(C)C(=O)O. The maximum absolute atomic E-state index is 11.8. The number of aliphatic carboxylic acids is 1. The largest absolute Gasteiger partial charge is 0.478 e. The summed E-state index contributed by atoms with van der Waals surface area (Å²) in [5.41, 5.74) is 0.225. The second-order valence-electron chi connectivity index (χ2n) is 3.96. The summed E-state index contributed by atoms with van der Waals surface area (Å²) in [7, 11) is 2.87. The lowest BCUT2D eigenvalue weighted by molar-refractivity contribution is -0.141. The molecule has 0 aromatic rings. The Morgan fingerprint density at radius 1 is 1.17 bits per heavy atom. The second-order valence-corrected chi connectivity index (χ2v) is 3.96. The third-order valence-corrected chi connectivity index (χ3v) is 2.65. The van der Waals surface area contributed by atoms with Crippen molar-refractivity contribution in [3.05, 3.63) is 11.1 Å². The first-order valence-corrected chi connectivity index (χ1v) is 5.54. The lowest BCUT2D eigenvalue weighted by atomic mass is 10.1. The molecule has 102 valence electrons. The number of carboxylic acid groups (broad SMARTS) is 1. The Bertz CT molecular complexity index is 373. The third kappa shape index (κ3) is 4.99. The standard InChI is InChI=1S/C12H19NO5/c1-8(9(2)12(16)17)11(15)13(3)7-5-6-10(14)18-4/h5-7H2,1-4H3,(H,16,17). The first kappa shape index (κ1) is 16.1. The van der Waals surface area contributed by atoms with Gasteiger partial charge in [-0.1, -0.05) is 0 Å². The Morgan fingerprint density at radius 3 is 2.17 bits per heavy atom. The Balaban J connectivity index is 4.40. The molecular weight excluding hydrogens is 238 g/mol. The normalized spacial score (nSPS) is 11.6. The highest BCUT2D eigenvalue weighted by Gasteiger charge is 2.16. The predicted octanol–water partition coefficient (Wildman–Crippen LogP) is 0.819. The van der Waals surface area contributed by atoms with E-state index in [1.54, 1.807) is 7.05 Å². The third-order valence-electron chi connectivity index (χ3n) is 2.65. The van der Waals surface area contributed by atoms with E-state index in [0.717, 1.165) is 0 Å². The number of likely N-dealkylation sites (N-methyl/N-ethyl adjacent to an activating group) is 1. The van der Waals surface area contributed by atoms with Gasteiger partial charge in [-0.3, -0.25) is 9.59 Å². The molecule has 6 nitrogen and oxygen atoms in total. The molecule has 0 atom stereocenters. The zero-order valence-electron chi connectivity index (χ0n) is 11.1. The van der Waals surface area contributed by atoms with Crippen LogP contribution in [0, 0.1) is 0 Å². The molecule has 0 bridgehead atoms. The second kappa shape index (κ2) is 7.47. The molecule has 0 rings (SSSR count). The Kier molecular flexibility index (Phi) is 6.70. The smallest absolute Gasteiger partial charge is 0.331 e. The van der Waals surface area contributed by atoms with Gasteiger partial charge in [0.25, 0.3) is 0 Å². The maximum Gasteiger partial charge on any atom is 0.331 e. The molecule has 0 unspecified atom stereocenters. The highest BCUT2D eigenvalue weighted by atomic mass is 16.5. The van der Waals surface area contributed by atoms with Crippen LogP contribution in [0.2, 0.25) is 0 Å². The molecule has 0 radical (unpaired) electrons. The molecule has 0 aromatic heterocycles. The fourth-order valence-corrected chi connectivity index (χ4v) is 1.27. The summed E-state index contributed by atoms with van der Waals surface area (Å²) < 4.78 is 4.48. The number of ether oxygens (including phenoxy) is 1. The van der Waals surface area contributed by atoms with Crippen molar-refractivity contribution in [3.8, 4) is 0 Å². The van der Waals surface area contributed by atoms with E-state index in [-0.39, 0.29) is 29.4 Å². The zero-order valence-corrected chi connectivity index (χ0v) is 11.1. The minimum absolute atomic E-state index is 0.0276. The average Bonchev–Trinajstić information content (AvgIpc) is 2.35. The van der Waals surface area contributed by atoms with Gasteiger partial charge in [-0.15, -0.1) is 0 Å². The van der Waals surface area contributed by atoms with Crippen molar-refractivity contribution in [2.45, 2.75) is 26.7 Å². The van der Waals surface area contributed by atoms with Crippen molar-refractivity contribution in [2.75, 3.05) is 20.7 Å². The van der Waals surface area contributed by atoms with E-state index in [1.165, 1.54) is 25.9 Å². The Morgan fingerprint density at radius 2 is 1.72 bits per heavy atom. The fraction of sp³-hybridized carbons (Fsp3) is 0.583. The molecule has 0 aliphatic heterocycles. The van der Waals surface area contributed by atoms with Gasteiger partial charge in [0.05, 0.1) is 7.11 Å². The molecule has 1 N–H and O–H groups in total. The average molecular weight is 257 g/mol. The lowest BCUT2D eigenvalue weighted by Crippen LogP contribution is -2.29. The van der Waals surface area contributed by atoms with Crippen LogP contribution in [-0.2, 0) is 19.1 Å². The molecular formula is C12H19NO5. The number of esters is 1. The van der Waals surface area contributed by atoms with Crippen molar-refractivity contribution in [1.29, 1.82) is 0 Å². The molecule has 0 aliphatic rings. The molecule has 0 aliphatic carbocycles. The van der Waals surface area contributed by atoms with Crippen LogP contribution < -0.4 is 0 Å². The van der Waals surface area contributed by atoms with Crippen molar-refractivity contribution in [1.82, 2.24) is 4.90 Å². The number of methoxy groups -OCH3 is 1. The Hall–Kier alpha value is -1.85. The summed E-state index contributed by atoms with van der Waals surface area (Å²) in [5, 5.41) is 8.77. The van der Waals surface area contributed by atoms with Gasteiger partial charge in [0.15, 0.2) is 0 Å². The number of hydrogen-bond acceptors (Lipinski definition) is 4. The molecule has 18 heavy (non-hydrogen) atoms. The summed E-state index contributed by atoms with van der Waals surface area (Å²) in [6, 6.07) is 0. The summed E-state index contributed by atoms with van der Waals surface area (Å²) in [6.07, 6.45) is 0.711. The molecule has 6 heteroatoms. The summed E-state index contributed by atoms with van der Waals surface area (Å²) in [5.74, 6) is -1.78. The van der Waals surface area contributed by atoms with Crippen LogP contribution in [0.4, 0.5) is 0 Å². The minimum Gasteiger partial charge on any atom is -0.478 e. The van der Waals surface area contributed by atoms with Crippen molar-refractivity contribution in [3.63, 3.8) is 0 Å². The number of hydrogen-bond donors (Lipinski definition) is 1. The van der Waals surface area contributed by atoms with E-state index >= 15 is 0 Å². The first-order valence-electron chi connectivity index (χ1n) is 5.54. The van der Waals surface area contributed by atoms with Crippen LogP contribution >= 0.6 is 0 Å². The quantitative estimate of drug-likeness (QED) is 0.562. The van der Waals surface area contributed by atoms with Crippen LogP contribution in [0.5, 0.6) is 0 Å². The van der Waals surface area contributed by atoms with Gasteiger partial charge in [0.2, 0.25) is 5.91 Å². The number of carboxylic acids is 1. The molecule has 0 heterocycles. The van der Waals surface area contributed by atoms with E-state index in [2.05, 4.69) is 4.74 Å². The van der Waals surface area contributed by atoms with E-state index < -0.39 is 5.97 Å². The van der Waals surface area contributed by atoms with Crippen molar-refractivity contribution < 1.29 is 24.2 Å². The topological polar surface area (TPSA) is 83.9 Å². The van der Waals surface area contributed by atoms with E-state index in [0.29, 0.717) is 13.0 Å². The van der Waals surface area contributed by atoms with Gasteiger partial charge in [0.1, 0.15) is 0 Å². The van der Waals surface area contributed by atoms with Gasteiger partial charge in [-0.2, -0.15) is 0 Å². The minimum atomic E-state index is -1.11. The predicted molar refractivity (Wildman–Crippen MR) is 64.9 cm³/mol. The lowest BCUT2D eigenvalue weighted by Gasteiger charge is -2.17. The monoisotopic (exact) mass is 257 g/mol. The summed E-state index contributed by atoms with van der Waals surface area (Å²) in [4.78, 5) is 34.8. The molecule has 0 saturated heterocycles. The van der Waals surface area contributed by atoms with E-state index in [4.69, 9.17) is 5.11 Å². The van der Waals surface area contributed by atoms with Crippen LogP contribution in [0.15, 0.2) is 11.1 Å². The van der Waals surface area contributed by atoms with Crippen molar-refractivity contribution >= 4 is 17.8 Å². The summed E-state index contributed by atoms with van der Waals surface area (Å²) in [6.45, 7) is 3.23. The van der Waals surface area contributed by atoms with Crippen LogP contribution in [0.1, 0.15) is 26.7 Å². The maximum atomic E-state index is 11.8. The van der Waals surface area contributed by atoms with Gasteiger partial charge >= 0.3 is 11.9 Å². The number of carbonyl (C=O) groups is 3. The van der Waals surface area contributed by atoms with E-state index in [1.807, 2.05) is 0 Å². The summed E-state index contributed by atoms with van der Waals surface area (Å²) >= 11 is 0. The Labute approximate surface area is 106 Å². The first-order chi connectivity index (χ1) is 8.31. The number of amides is 1. The van der Waals surface area contributed by atoms with Gasteiger partial charge in [-0.05, 0) is 20.3 Å². The fourth-order valence-electron chi connectivity index (χ4n) is 1.27. The van der Waals surface area contributed by atoms with Gasteiger partial charge < -0.3 is 14.7 Å². The molecule has 0 spiro atoms. The highest BCUT2D eigenvalue weighted by Crippen LogP contribution is 2.08. The van der Waals surface area contributed by atoms with Crippen LogP contribution in [0.25, 0.3) is 0 Å². The zero-order chi connectivity index (χ0) is 14.3. The van der Waals surface area contributed by atoms with Crippen LogP contribution in [-0.4, -0.2) is 48.6 Å². The van der Waals surface area contributed by atoms with Crippen molar-refractivity contribution in [2.24, 2.45) is 0 Å². The van der Waals surface area contributed by atoms with Crippen LogP contribution in [0.3, 0.4) is 0 Å². The van der Waals surface area contributed by atoms with Gasteiger partial charge in [-0.25, -0.2) is 4.79 Å². The number of rotatable bonds is 6.